The quantitative estimate of drug-likeness (QED) is 0.747. The third kappa shape index (κ3) is 1.65. The molecule has 3 nitrogen and oxygen atoms in total. The standard InChI is InChI=1S/C7H5ClN2OS/c8-7-9-6(10-11-7)4-5-2-1-3-12-5/h1-3H,4H2. The molecule has 0 fully saturated rings. The summed E-state index contributed by atoms with van der Waals surface area (Å²) in [4.78, 5) is 5.08. The van der Waals surface area contributed by atoms with Crippen molar-refractivity contribution in [3.63, 3.8) is 0 Å². The Labute approximate surface area is 78.0 Å². The molecule has 0 aliphatic carbocycles. The highest BCUT2D eigenvalue weighted by molar-refractivity contribution is 7.09. The minimum Gasteiger partial charge on any atom is -0.321 e. The smallest absolute Gasteiger partial charge is 0.320 e. The Morgan fingerprint density at radius 2 is 2.50 bits per heavy atom. The zero-order valence-electron chi connectivity index (χ0n) is 6.03. The van der Waals surface area contributed by atoms with E-state index in [0.29, 0.717) is 12.2 Å². The molecule has 0 saturated heterocycles. The lowest BCUT2D eigenvalue weighted by Gasteiger charge is -1.86. The number of hydrogen-bond acceptors (Lipinski definition) is 4. The fourth-order valence-electron chi connectivity index (χ4n) is 0.873. The SMILES string of the molecule is Clc1nc(Cc2cccs2)no1. The second-order valence-electron chi connectivity index (χ2n) is 2.22. The lowest BCUT2D eigenvalue weighted by atomic mass is 10.3. The molecule has 2 aromatic heterocycles. The van der Waals surface area contributed by atoms with Gasteiger partial charge in [0.15, 0.2) is 5.82 Å². The second kappa shape index (κ2) is 3.25. The maximum absolute atomic E-state index is 5.46. The normalized spacial score (nSPS) is 10.4. The van der Waals surface area contributed by atoms with Crippen LogP contribution in [0.25, 0.3) is 0 Å². The third-order valence-corrected chi connectivity index (χ3v) is 2.39. The summed E-state index contributed by atoms with van der Waals surface area (Å²) in [7, 11) is 0. The topological polar surface area (TPSA) is 38.9 Å². The molecule has 5 heteroatoms. The molecule has 0 N–H and O–H groups in total. The van der Waals surface area contributed by atoms with Gasteiger partial charge >= 0.3 is 5.35 Å². The molecule has 12 heavy (non-hydrogen) atoms. The lowest BCUT2D eigenvalue weighted by molar-refractivity contribution is 0.413. The Kier molecular flexibility index (Phi) is 2.10. The number of rotatable bonds is 2. The fourth-order valence-corrected chi connectivity index (χ4v) is 1.71. The summed E-state index contributed by atoms with van der Waals surface area (Å²) in [5.74, 6) is 0.627. The first-order valence-electron chi connectivity index (χ1n) is 3.35. The lowest BCUT2D eigenvalue weighted by Crippen LogP contribution is -1.86. The third-order valence-electron chi connectivity index (χ3n) is 1.36. The van der Waals surface area contributed by atoms with E-state index in [1.54, 1.807) is 11.3 Å². The maximum Gasteiger partial charge on any atom is 0.320 e. The van der Waals surface area contributed by atoms with Gasteiger partial charge in [0.05, 0.1) is 0 Å². The van der Waals surface area contributed by atoms with Crippen molar-refractivity contribution in [3.05, 3.63) is 33.6 Å². The van der Waals surface area contributed by atoms with Gasteiger partial charge in [-0.2, -0.15) is 4.98 Å². The summed E-state index contributed by atoms with van der Waals surface area (Å²) in [5, 5.41) is 5.79. The van der Waals surface area contributed by atoms with Crippen molar-refractivity contribution >= 4 is 22.9 Å². The minimum absolute atomic E-state index is 0.0987. The van der Waals surface area contributed by atoms with E-state index in [0.717, 1.165) is 0 Å². The molecule has 0 radical (unpaired) electrons. The van der Waals surface area contributed by atoms with Crippen molar-refractivity contribution < 1.29 is 4.52 Å². The van der Waals surface area contributed by atoms with E-state index in [1.807, 2.05) is 17.5 Å². The van der Waals surface area contributed by atoms with Crippen molar-refractivity contribution in [3.8, 4) is 0 Å². The molecule has 0 aliphatic rings. The monoisotopic (exact) mass is 200 g/mol. The van der Waals surface area contributed by atoms with E-state index >= 15 is 0 Å². The summed E-state index contributed by atoms with van der Waals surface area (Å²) in [6.07, 6.45) is 0.688. The molecule has 0 saturated carbocycles. The molecule has 0 amide bonds. The predicted molar refractivity (Wildman–Crippen MR) is 46.4 cm³/mol. The molecule has 62 valence electrons. The van der Waals surface area contributed by atoms with E-state index in [2.05, 4.69) is 14.7 Å². The molecule has 2 aromatic rings. The summed E-state index contributed by atoms with van der Waals surface area (Å²) in [6, 6.07) is 4.01. The van der Waals surface area contributed by atoms with Crippen LogP contribution in [-0.4, -0.2) is 10.1 Å². The molecule has 0 aliphatic heterocycles. The molecule has 0 unspecified atom stereocenters. The van der Waals surface area contributed by atoms with Crippen molar-refractivity contribution in [1.29, 1.82) is 0 Å². The van der Waals surface area contributed by atoms with Gasteiger partial charge in [0, 0.05) is 11.3 Å². The van der Waals surface area contributed by atoms with Crippen LogP contribution in [-0.2, 0) is 6.42 Å². The molecule has 0 spiro atoms. The van der Waals surface area contributed by atoms with E-state index in [4.69, 9.17) is 11.6 Å². The van der Waals surface area contributed by atoms with E-state index in [-0.39, 0.29) is 5.35 Å². The average molecular weight is 201 g/mol. The Balaban J connectivity index is 2.14. The fraction of sp³-hybridized carbons (Fsp3) is 0.143. The highest BCUT2D eigenvalue weighted by Crippen LogP contribution is 2.13. The molecular formula is C7H5ClN2OS. The molecular weight excluding hydrogens is 196 g/mol. The van der Waals surface area contributed by atoms with Crippen molar-refractivity contribution in [1.82, 2.24) is 10.1 Å². The Bertz CT molecular complexity index is 357. The summed E-state index contributed by atoms with van der Waals surface area (Å²) in [5.41, 5.74) is 0. The van der Waals surface area contributed by atoms with E-state index in [1.165, 1.54) is 4.88 Å². The highest BCUT2D eigenvalue weighted by atomic mass is 35.5. The van der Waals surface area contributed by atoms with Crippen LogP contribution in [0.1, 0.15) is 10.7 Å². The first-order chi connectivity index (χ1) is 5.84. The summed E-state index contributed by atoms with van der Waals surface area (Å²) < 4.78 is 4.62. The first-order valence-corrected chi connectivity index (χ1v) is 4.61. The van der Waals surface area contributed by atoms with Gasteiger partial charge in [-0.1, -0.05) is 11.2 Å². The van der Waals surface area contributed by atoms with Gasteiger partial charge in [-0.25, -0.2) is 0 Å². The highest BCUT2D eigenvalue weighted by Gasteiger charge is 2.04. The number of halogens is 1. The van der Waals surface area contributed by atoms with E-state index < -0.39 is 0 Å². The number of aromatic nitrogens is 2. The van der Waals surface area contributed by atoms with Gasteiger partial charge in [0.25, 0.3) is 0 Å². The number of nitrogens with zero attached hydrogens (tertiary/aromatic N) is 2. The van der Waals surface area contributed by atoms with Crippen LogP contribution in [0.5, 0.6) is 0 Å². The average Bonchev–Trinajstić information content (AvgIpc) is 2.63. The molecule has 0 atom stereocenters. The zero-order chi connectivity index (χ0) is 8.39. The minimum atomic E-state index is 0.0987. The molecule has 2 heterocycles. The Morgan fingerprint density at radius 1 is 1.58 bits per heavy atom. The summed E-state index contributed by atoms with van der Waals surface area (Å²) >= 11 is 7.13. The van der Waals surface area contributed by atoms with E-state index in [9.17, 15) is 0 Å². The van der Waals surface area contributed by atoms with Gasteiger partial charge < -0.3 is 4.52 Å². The number of thiophene rings is 1. The Morgan fingerprint density at radius 3 is 3.08 bits per heavy atom. The van der Waals surface area contributed by atoms with Gasteiger partial charge in [-0.15, -0.1) is 11.3 Å². The van der Waals surface area contributed by atoms with Gasteiger partial charge in [-0.05, 0) is 23.0 Å². The van der Waals surface area contributed by atoms with Crippen molar-refractivity contribution in [2.45, 2.75) is 6.42 Å². The largest absolute Gasteiger partial charge is 0.321 e. The van der Waals surface area contributed by atoms with Crippen LogP contribution in [0, 0.1) is 0 Å². The van der Waals surface area contributed by atoms with Crippen LogP contribution in [0.2, 0.25) is 5.35 Å². The van der Waals surface area contributed by atoms with Crippen molar-refractivity contribution in [2.75, 3.05) is 0 Å². The second-order valence-corrected chi connectivity index (χ2v) is 3.58. The van der Waals surface area contributed by atoms with Crippen LogP contribution < -0.4 is 0 Å². The van der Waals surface area contributed by atoms with Crippen LogP contribution in [0.3, 0.4) is 0 Å². The molecule has 0 aromatic carbocycles. The van der Waals surface area contributed by atoms with Crippen molar-refractivity contribution in [2.24, 2.45) is 0 Å². The zero-order valence-corrected chi connectivity index (χ0v) is 7.60. The van der Waals surface area contributed by atoms with Crippen LogP contribution in [0.4, 0.5) is 0 Å². The predicted octanol–water partition coefficient (Wildman–Crippen LogP) is 2.38. The van der Waals surface area contributed by atoms with Crippen LogP contribution in [0.15, 0.2) is 22.0 Å². The summed E-state index contributed by atoms with van der Waals surface area (Å²) in [6.45, 7) is 0. The number of hydrogen-bond donors (Lipinski definition) is 0. The maximum atomic E-state index is 5.46. The van der Waals surface area contributed by atoms with Crippen LogP contribution >= 0.6 is 22.9 Å². The first kappa shape index (κ1) is 7.76. The molecule has 2 rings (SSSR count). The van der Waals surface area contributed by atoms with Gasteiger partial charge in [-0.3, -0.25) is 0 Å². The Hall–Kier alpha value is -0.870. The van der Waals surface area contributed by atoms with Gasteiger partial charge in [0.1, 0.15) is 0 Å². The molecule has 0 bridgehead atoms. The van der Waals surface area contributed by atoms with Gasteiger partial charge in [0.2, 0.25) is 0 Å².